The van der Waals surface area contributed by atoms with Crippen molar-refractivity contribution in [1.29, 1.82) is 0 Å². The van der Waals surface area contributed by atoms with Crippen molar-refractivity contribution < 1.29 is 23.9 Å². The Kier molecular flexibility index (Phi) is 5.78. The van der Waals surface area contributed by atoms with Crippen LogP contribution in [0.3, 0.4) is 0 Å². The Balaban J connectivity index is 1.85. The van der Waals surface area contributed by atoms with Gasteiger partial charge in [0, 0.05) is 18.2 Å². The number of amides is 3. The Labute approximate surface area is 139 Å². The van der Waals surface area contributed by atoms with Crippen LogP contribution in [0.15, 0.2) is 24.3 Å². The van der Waals surface area contributed by atoms with E-state index in [2.05, 4.69) is 10.7 Å². The highest BCUT2D eigenvalue weighted by Crippen LogP contribution is 2.23. The molecule has 128 valence electrons. The number of carbonyl (C=O) groups excluding carboxylic acids is 3. The van der Waals surface area contributed by atoms with Gasteiger partial charge in [0.1, 0.15) is 11.5 Å². The first-order valence-electron chi connectivity index (χ1n) is 7.34. The third-order valence-corrected chi connectivity index (χ3v) is 3.22. The number of hydrogen-bond donors (Lipinski definition) is 3. The molecule has 0 aliphatic heterocycles. The smallest absolute Gasteiger partial charge is 0.327 e. The van der Waals surface area contributed by atoms with Gasteiger partial charge in [0.2, 0.25) is 0 Å². The number of benzene rings is 1. The molecule has 0 atom stereocenters. The van der Waals surface area contributed by atoms with Crippen LogP contribution in [0.25, 0.3) is 6.08 Å². The van der Waals surface area contributed by atoms with Gasteiger partial charge in [-0.3, -0.25) is 25.2 Å². The highest BCUT2D eigenvalue weighted by atomic mass is 16.5. The standard InChI is InChI=1S/C16H19N3O5/c1-23-12-7-10(8-13(9-12)24-2)3-6-14(20)18-19-16(22)15(21)17-11-4-5-11/h3,6-9,11H,4-5H2,1-2H3,(H,17,21)(H,18,20)(H,19,22)/b6-3+. The van der Waals surface area contributed by atoms with Crippen molar-refractivity contribution in [2.45, 2.75) is 18.9 Å². The lowest BCUT2D eigenvalue weighted by molar-refractivity contribution is -0.140. The van der Waals surface area contributed by atoms with Gasteiger partial charge < -0.3 is 14.8 Å². The lowest BCUT2D eigenvalue weighted by Crippen LogP contribution is -2.48. The lowest BCUT2D eigenvalue weighted by atomic mass is 10.2. The van der Waals surface area contributed by atoms with Gasteiger partial charge in [-0.2, -0.15) is 0 Å². The number of carbonyl (C=O) groups is 3. The molecule has 8 heteroatoms. The maximum absolute atomic E-state index is 11.7. The van der Waals surface area contributed by atoms with Crippen LogP contribution in [0, 0.1) is 0 Å². The predicted molar refractivity (Wildman–Crippen MR) is 86.0 cm³/mol. The second kappa shape index (κ2) is 8.00. The molecule has 1 saturated carbocycles. The topological polar surface area (TPSA) is 106 Å². The van der Waals surface area contributed by atoms with Gasteiger partial charge in [0.05, 0.1) is 14.2 Å². The second-order valence-corrected chi connectivity index (χ2v) is 5.17. The lowest BCUT2D eigenvalue weighted by Gasteiger charge is -2.06. The molecule has 1 aliphatic rings. The molecule has 1 aromatic rings. The highest BCUT2D eigenvalue weighted by molar-refractivity contribution is 6.35. The molecule has 0 aromatic heterocycles. The summed E-state index contributed by atoms with van der Waals surface area (Å²) in [6.45, 7) is 0. The molecule has 24 heavy (non-hydrogen) atoms. The molecule has 0 heterocycles. The molecule has 0 radical (unpaired) electrons. The summed E-state index contributed by atoms with van der Waals surface area (Å²) < 4.78 is 10.3. The largest absolute Gasteiger partial charge is 0.497 e. The second-order valence-electron chi connectivity index (χ2n) is 5.17. The highest BCUT2D eigenvalue weighted by Gasteiger charge is 2.26. The van der Waals surface area contributed by atoms with Gasteiger partial charge in [-0.25, -0.2) is 0 Å². The molecule has 1 aromatic carbocycles. The van der Waals surface area contributed by atoms with Crippen molar-refractivity contribution in [2.75, 3.05) is 14.2 Å². The minimum atomic E-state index is -0.910. The Hall–Kier alpha value is -3.03. The minimum absolute atomic E-state index is 0.0712. The van der Waals surface area contributed by atoms with Crippen LogP contribution in [0.4, 0.5) is 0 Å². The van der Waals surface area contributed by atoms with Crippen molar-refractivity contribution in [3.05, 3.63) is 29.8 Å². The van der Waals surface area contributed by atoms with Crippen molar-refractivity contribution in [3.63, 3.8) is 0 Å². The van der Waals surface area contributed by atoms with E-state index in [1.54, 1.807) is 18.2 Å². The zero-order valence-electron chi connectivity index (χ0n) is 13.4. The van der Waals surface area contributed by atoms with Crippen LogP contribution in [-0.4, -0.2) is 38.0 Å². The molecule has 0 saturated heterocycles. The fourth-order valence-corrected chi connectivity index (χ4v) is 1.79. The van der Waals surface area contributed by atoms with Crippen LogP contribution in [0.2, 0.25) is 0 Å². The summed E-state index contributed by atoms with van der Waals surface area (Å²) >= 11 is 0. The average Bonchev–Trinajstić information content (AvgIpc) is 3.41. The molecular formula is C16H19N3O5. The van der Waals surface area contributed by atoms with Crippen LogP contribution >= 0.6 is 0 Å². The van der Waals surface area contributed by atoms with Crippen LogP contribution in [0.1, 0.15) is 18.4 Å². The summed E-state index contributed by atoms with van der Waals surface area (Å²) in [6.07, 6.45) is 4.49. The number of methoxy groups -OCH3 is 2. The SMILES string of the molecule is COc1cc(/C=C/C(=O)NNC(=O)C(=O)NC2CC2)cc(OC)c1. The number of hydrazine groups is 1. The molecular weight excluding hydrogens is 314 g/mol. The number of hydrogen-bond acceptors (Lipinski definition) is 5. The number of rotatable bonds is 5. The zero-order valence-corrected chi connectivity index (χ0v) is 13.4. The van der Waals surface area contributed by atoms with Crippen LogP contribution in [0.5, 0.6) is 11.5 Å². The fourth-order valence-electron chi connectivity index (χ4n) is 1.79. The van der Waals surface area contributed by atoms with Gasteiger partial charge in [-0.05, 0) is 36.6 Å². The van der Waals surface area contributed by atoms with Crippen molar-refractivity contribution >= 4 is 23.8 Å². The maximum atomic E-state index is 11.7. The molecule has 0 bridgehead atoms. The Morgan fingerprint density at radius 1 is 1.00 bits per heavy atom. The summed E-state index contributed by atoms with van der Waals surface area (Å²) in [4.78, 5) is 34.5. The van der Waals surface area contributed by atoms with E-state index < -0.39 is 17.7 Å². The van der Waals surface area contributed by atoms with Gasteiger partial charge in [-0.15, -0.1) is 0 Å². The zero-order chi connectivity index (χ0) is 17.5. The third-order valence-electron chi connectivity index (χ3n) is 3.22. The maximum Gasteiger partial charge on any atom is 0.327 e. The first-order valence-corrected chi connectivity index (χ1v) is 7.34. The van der Waals surface area contributed by atoms with Gasteiger partial charge in [0.25, 0.3) is 5.91 Å². The molecule has 0 unspecified atom stereocenters. The van der Waals surface area contributed by atoms with E-state index in [1.807, 2.05) is 5.43 Å². The summed E-state index contributed by atoms with van der Waals surface area (Å²) in [7, 11) is 3.05. The van der Waals surface area contributed by atoms with E-state index in [4.69, 9.17) is 9.47 Å². The van der Waals surface area contributed by atoms with E-state index in [-0.39, 0.29) is 6.04 Å². The minimum Gasteiger partial charge on any atom is -0.497 e. The average molecular weight is 333 g/mol. The van der Waals surface area contributed by atoms with Gasteiger partial charge >= 0.3 is 11.8 Å². The first-order chi connectivity index (χ1) is 11.5. The van der Waals surface area contributed by atoms with Crippen LogP contribution < -0.4 is 25.6 Å². The monoisotopic (exact) mass is 333 g/mol. The Morgan fingerprint density at radius 3 is 2.17 bits per heavy atom. The van der Waals surface area contributed by atoms with Crippen molar-refractivity contribution in [1.82, 2.24) is 16.2 Å². The van der Waals surface area contributed by atoms with E-state index in [0.29, 0.717) is 17.1 Å². The Morgan fingerprint density at radius 2 is 1.62 bits per heavy atom. The fraction of sp³-hybridized carbons (Fsp3) is 0.312. The molecule has 1 fully saturated rings. The van der Waals surface area contributed by atoms with Gasteiger partial charge in [-0.1, -0.05) is 0 Å². The molecule has 2 rings (SSSR count). The van der Waals surface area contributed by atoms with E-state index in [1.165, 1.54) is 26.4 Å². The summed E-state index contributed by atoms with van der Waals surface area (Å²) in [5.74, 6) is -1.09. The van der Waals surface area contributed by atoms with Crippen molar-refractivity contribution in [2.24, 2.45) is 0 Å². The third kappa shape index (κ3) is 5.31. The van der Waals surface area contributed by atoms with E-state index >= 15 is 0 Å². The molecule has 3 N–H and O–H groups in total. The quantitative estimate of drug-likeness (QED) is 0.404. The normalized spacial score (nSPS) is 13.2. The molecule has 3 amide bonds. The molecule has 8 nitrogen and oxygen atoms in total. The predicted octanol–water partition coefficient (Wildman–Crippen LogP) is 0.143. The number of nitrogens with one attached hydrogen (secondary N) is 3. The Bertz CT molecular complexity index is 645. The van der Waals surface area contributed by atoms with E-state index in [9.17, 15) is 14.4 Å². The first kappa shape index (κ1) is 17.3. The molecule has 0 spiro atoms. The number of ether oxygens (including phenoxy) is 2. The van der Waals surface area contributed by atoms with Crippen LogP contribution in [-0.2, 0) is 14.4 Å². The van der Waals surface area contributed by atoms with Gasteiger partial charge in [0.15, 0.2) is 0 Å². The summed E-state index contributed by atoms with van der Waals surface area (Å²) in [6, 6.07) is 5.21. The molecule has 1 aliphatic carbocycles. The summed E-state index contributed by atoms with van der Waals surface area (Å²) in [5, 5.41) is 2.51. The summed E-state index contributed by atoms with van der Waals surface area (Å²) in [5.41, 5.74) is 4.86. The van der Waals surface area contributed by atoms with Crippen molar-refractivity contribution in [3.8, 4) is 11.5 Å². The van der Waals surface area contributed by atoms with E-state index in [0.717, 1.165) is 12.8 Å².